The lowest BCUT2D eigenvalue weighted by Gasteiger charge is -2.25. The third-order valence-corrected chi connectivity index (χ3v) is 3.92. The van der Waals surface area contributed by atoms with Crippen LogP contribution in [0, 0.1) is 0 Å². The molecule has 1 fully saturated rings. The van der Waals surface area contributed by atoms with Gasteiger partial charge in [-0.3, -0.25) is 9.59 Å². The molecule has 3 rings (SSSR count). The van der Waals surface area contributed by atoms with Crippen LogP contribution in [0.15, 0.2) is 24.7 Å². The summed E-state index contributed by atoms with van der Waals surface area (Å²) in [5.41, 5.74) is -0.872. The van der Waals surface area contributed by atoms with Gasteiger partial charge in [-0.1, -0.05) is 0 Å². The van der Waals surface area contributed by atoms with Crippen molar-refractivity contribution in [3.8, 4) is 0 Å². The summed E-state index contributed by atoms with van der Waals surface area (Å²) in [5.74, 6) is -0.696. The van der Waals surface area contributed by atoms with E-state index in [-0.39, 0.29) is 31.4 Å². The number of hydrogen-bond acceptors (Lipinski definition) is 6. The van der Waals surface area contributed by atoms with E-state index >= 15 is 0 Å². The van der Waals surface area contributed by atoms with Crippen LogP contribution in [0.1, 0.15) is 17.3 Å². The van der Waals surface area contributed by atoms with E-state index in [2.05, 4.69) is 15.4 Å². The van der Waals surface area contributed by atoms with Crippen LogP contribution in [0.2, 0.25) is 0 Å². The van der Waals surface area contributed by atoms with Gasteiger partial charge in [-0.15, -0.1) is 0 Å². The molecular weight excluding hydrogens is 302 g/mol. The SMILES string of the molecule is CC(=O)NC[C@]1(O)CN(C(=O)c2cnn3cccnc23)C[C@H]1O. The molecule has 0 spiro atoms. The topological polar surface area (TPSA) is 120 Å². The van der Waals surface area contributed by atoms with Crippen LogP contribution in [0.5, 0.6) is 0 Å². The lowest BCUT2D eigenvalue weighted by molar-refractivity contribution is -0.121. The number of aliphatic hydroxyl groups excluding tert-OH is 1. The molecule has 2 atom stereocenters. The molecule has 0 radical (unpaired) electrons. The predicted molar refractivity (Wildman–Crippen MR) is 78.5 cm³/mol. The number of fused-ring (bicyclic) bond motifs is 1. The zero-order valence-electron chi connectivity index (χ0n) is 12.5. The van der Waals surface area contributed by atoms with Crippen molar-refractivity contribution >= 4 is 17.5 Å². The summed E-state index contributed by atoms with van der Waals surface area (Å²) in [6.07, 6.45) is 3.49. The van der Waals surface area contributed by atoms with E-state index in [0.29, 0.717) is 11.2 Å². The first-order valence-corrected chi connectivity index (χ1v) is 7.13. The summed E-state index contributed by atoms with van der Waals surface area (Å²) in [6.45, 7) is 1.08. The van der Waals surface area contributed by atoms with Crippen LogP contribution in [0.25, 0.3) is 5.65 Å². The molecule has 3 heterocycles. The lowest BCUT2D eigenvalue weighted by Crippen LogP contribution is -2.51. The van der Waals surface area contributed by atoms with Gasteiger partial charge < -0.3 is 20.4 Å². The Balaban J connectivity index is 1.80. The molecule has 0 unspecified atom stereocenters. The number of β-amino-alcohol motifs (C(OH)–C–C–N with tert-alkyl or cyclic N) is 2. The maximum Gasteiger partial charge on any atom is 0.259 e. The van der Waals surface area contributed by atoms with Crippen molar-refractivity contribution in [2.75, 3.05) is 19.6 Å². The number of nitrogens with one attached hydrogen (secondary N) is 1. The molecule has 2 aromatic rings. The first kappa shape index (κ1) is 15.4. The lowest BCUT2D eigenvalue weighted by atomic mass is 10.0. The summed E-state index contributed by atoms with van der Waals surface area (Å²) in [7, 11) is 0. The Morgan fingerprint density at radius 1 is 1.52 bits per heavy atom. The third kappa shape index (κ3) is 2.76. The highest BCUT2D eigenvalue weighted by Gasteiger charge is 2.46. The van der Waals surface area contributed by atoms with Gasteiger partial charge in [0.05, 0.1) is 19.3 Å². The normalized spacial score (nSPS) is 24.1. The minimum Gasteiger partial charge on any atom is -0.388 e. The Labute approximate surface area is 131 Å². The number of likely N-dealkylation sites (tertiary alicyclic amines) is 1. The first-order chi connectivity index (χ1) is 10.9. The number of aliphatic hydroxyl groups is 2. The number of carbonyl (C=O) groups excluding carboxylic acids is 2. The Kier molecular flexibility index (Phi) is 3.74. The van der Waals surface area contributed by atoms with Crippen LogP contribution >= 0.6 is 0 Å². The van der Waals surface area contributed by atoms with Gasteiger partial charge in [0.1, 0.15) is 17.3 Å². The van der Waals surface area contributed by atoms with Gasteiger partial charge in [0.15, 0.2) is 5.65 Å². The van der Waals surface area contributed by atoms with Crippen LogP contribution in [0.4, 0.5) is 0 Å². The van der Waals surface area contributed by atoms with Crippen LogP contribution < -0.4 is 5.32 Å². The van der Waals surface area contributed by atoms with E-state index in [1.54, 1.807) is 18.5 Å². The van der Waals surface area contributed by atoms with Gasteiger partial charge in [0.2, 0.25) is 5.91 Å². The van der Waals surface area contributed by atoms with Gasteiger partial charge in [-0.05, 0) is 6.07 Å². The van der Waals surface area contributed by atoms with Crippen LogP contribution in [-0.4, -0.2) is 72.9 Å². The maximum atomic E-state index is 12.6. The molecule has 3 N–H and O–H groups in total. The number of aromatic nitrogens is 3. The summed E-state index contributed by atoms with van der Waals surface area (Å²) in [5, 5.41) is 27.0. The molecule has 2 aromatic heterocycles. The summed E-state index contributed by atoms with van der Waals surface area (Å²) >= 11 is 0. The van der Waals surface area contributed by atoms with E-state index in [0.717, 1.165) is 0 Å². The van der Waals surface area contributed by atoms with Gasteiger partial charge in [0.25, 0.3) is 5.91 Å². The summed E-state index contributed by atoms with van der Waals surface area (Å²) < 4.78 is 1.48. The average molecular weight is 319 g/mol. The molecule has 0 aromatic carbocycles. The smallest absolute Gasteiger partial charge is 0.259 e. The fourth-order valence-electron chi connectivity index (χ4n) is 2.63. The fourth-order valence-corrected chi connectivity index (χ4v) is 2.63. The minimum absolute atomic E-state index is 0.0287. The third-order valence-electron chi connectivity index (χ3n) is 3.92. The first-order valence-electron chi connectivity index (χ1n) is 7.13. The maximum absolute atomic E-state index is 12.6. The van der Waals surface area contributed by atoms with E-state index in [4.69, 9.17) is 0 Å². The summed E-state index contributed by atoms with van der Waals surface area (Å²) in [6, 6.07) is 1.69. The highest BCUT2D eigenvalue weighted by Crippen LogP contribution is 2.24. The van der Waals surface area contributed by atoms with Gasteiger partial charge in [0, 0.05) is 25.9 Å². The molecular formula is C14H17N5O4. The zero-order valence-corrected chi connectivity index (χ0v) is 12.5. The van der Waals surface area contributed by atoms with Crippen molar-refractivity contribution in [2.45, 2.75) is 18.6 Å². The van der Waals surface area contributed by atoms with Crippen molar-refractivity contribution in [3.05, 3.63) is 30.2 Å². The van der Waals surface area contributed by atoms with Gasteiger partial charge in [-0.25, -0.2) is 9.50 Å². The van der Waals surface area contributed by atoms with Crippen molar-refractivity contribution in [1.82, 2.24) is 24.8 Å². The number of amides is 2. The monoisotopic (exact) mass is 319 g/mol. The minimum atomic E-state index is -1.57. The van der Waals surface area contributed by atoms with E-state index < -0.39 is 11.7 Å². The molecule has 0 saturated carbocycles. The summed E-state index contributed by atoms with van der Waals surface area (Å²) in [4.78, 5) is 29.1. The fraction of sp³-hybridized carbons (Fsp3) is 0.429. The zero-order chi connectivity index (χ0) is 16.6. The Hall–Kier alpha value is -2.52. The Bertz CT molecular complexity index is 760. The Morgan fingerprint density at radius 2 is 2.30 bits per heavy atom. The van der Waals surface area contributed by atoms with Crippen LogP contribution in [0.3, 0.4) is 0 Å². The number of hydrogen-bond donors (Lipinski definition) is 3. The van der Waals surface area contributed by atoms with Crippen molar-refractivity contribution in [3.63, 3.8) is 0 Å². The largest absolute Gasteiger partial charge is 0.388 e. The molecule has 122 valence electrons. The van der Waals surface area contributed by atoms with Crippen molar-refractivity contribution < 1.29 is 19.8 Å². The number of carbonyl (C=O) groups is 2. The molecule has 9 heteroatoms. The molecule has 1 aliphatic heterocycles. The number of rotatable bonds is 3. The second kappa shape index (κ2) is 5.60. The number of nitrogens with zero attached hydrogens (tertiary/aromatic N) is 4. The quantitative estimate of drug-likeness (QED) is 0.627. The predicted octanol–water partition coefficient (Wildman–Crippen LogP) is -1.59. The molecule has 0 bridgehead atoms. The van der Waals surface area contributed by atoms with E-state index in [1.807, 2.05) is 0 Å². The van der Waals surface area contributed by atoms with Crippen LogP contribution in [-0.2, 0) is 4.79 Å². The molecule has 9 nitrogen and oxygen atoms in total. The average Bonchev–Trinajstić information content (AvgIpc) is 3.07. The van der Waals surface area contributed by atoms with Crippen molar-refractivity contribution in [2.24, 2.45) is 0 Å². The van der Waals surface area contributed by atoms with E-state index in [9.17, 15) is 19.8 Å². The van der Waals surface area contributed by atoms with Gasteiger partial charge in [-0.2, -0.15) is 5.10 Å². The standard InChI is InChI=1S/C14H17N5O4/c1-9(20)16-7-14(23)8-18(6-11(14)21)13(22)10-5-17-19-4-2-3-15-12(10)19/h2-5,11,21,23H,6-8H2,1H3,(H,16,20)/t11-,14+/m1/s1. The molecule has 0 aliphatic carbocycles. The molecule has 2 amide bonds. The van der Waals surface area contributed by atoms with Gasteiger partial charge >= 0.3 is 0 Å². The molecule has 1 saturated heterocycles. The highest BCUT2D eigenvalue weighted by atomic mass is 16.3. The second-order valence-electron chi connectivity index (χ2n) is 5.66. The second-order valence-corrected chi connectivity index (χ2v) is 5.66. The molecule has 23 heavy (non-hydrogen) atoms. The van der Waals surface area contributed by atoms with E-state index in [1.165, 1.54) is 22.5 Å². The molecule has 1 aliphatic rings. The highest BCUT2D eigenvalue weighted by molar-refractivity contribution is 5.99. The Morgan fingerprint density at radius 3 is 3.04 bits per heavy atom. The van der Waals surface area contributed by atoms with Crippen molar-refractivity contribution in [1.29, 1.82) is 0 Å².